The Morgan fingerprint density at radius 2 is 2.21 bits per heavy atom. The first-order valence-corrected chi connectivity index (χ1v) is 4.16. The van der Waals surface area contributed by atoms with Gasteiger partial charge >= 0.3 is 0 Å². The molecular formula is C10H9FN2O. The molecule has 0 fully saturated rings. The topological polar surface area (TPSA) is 59.1 Å². The second kappa shape index (κ2) is 3.23. The predicted octanol–water partition coefficient (Wildman–Crippen LogP) is 1.45. The Bertz CT molecular complexity index is 485. The lowest BCUT2D eigenvalue weighted by Gasteiger charge is -2.06. The smallest absolute Gasteiger partial charge is 0.149 e. The van der Waals surface area contributed by atoms with E-state index in [1.165, 1.54) is 12.3 Å². The molecule has 0 aliphatic rings. The summed E-state index contributed by atoms with van der Waals surface area (Å²) < 4.78 is 13.2. The minimum absolute atomic E-state index is 0.214. The molecule has 2 rings (SSSR count). The molecule has 4 heteroatoms. The van der Waals surface area contributed by atoms with Crippen molar-refractivity contribution in [3.8, 4) is 0 Å². The fourth-order valence-electron chi connectivity index (χ4n) is 1.43. The van der Waals surface area contributed by atoms with Crippen LogP contribution in [0.5, 0.6) is 0 Å². The Hall–Kier alpha value is -1.68. The van der Waals surface area contributed by atoms with E-state index in [0.29, 0.717) is 16.6 Å². The number of aliphatic hydroxyl groups is 1. The number of benzene rings is 1. The van der Waals surface area contributed by atoms with Gasteiger partial charge in [0.15, 0.2) is 0 Å². The van der Waals surface area contributed by atoms with Crippen LogP contribution in [0.2, 0.25) is 0 Å². The van der Waals surface area contributed by atoms with Crippen molar-refractivity contribution in [3.05, 3.63) is 35.8 Å². The van der Waals surface area contributed by atoms with Gasteiger partial charge in [-0.3, -0.25) is 4.98 Å². The molecule has 14 heavy (non-hydrogen) atoms. The molecule has 3 nitrogen and oxygen atoms in total. The molecular weight excluding hydrogens is 183 g/mol. The first-order valence-electron chi connectivity index (χ1n) is 4.16. The molecule has 3 N–H and O–H groups in total. The number of hydrogen-bond donors (Lipinski definition) is 2. The zero-order valence-electron chi connectivity index (χ0n) is 7.37. The Morgan fingerprint density at radius 3 is 2.93 bits per heavy atom. The van der Waals surface area contributed by atoms with Crippen LogP contribution in [0, 0.1) is 5.82 Å². The minimum Gasteiger partial charge on any atom is -0.397 e. The van der Waals surface area contributed by atoms with E-state index in [9.17, 15) is 4.39 Å². The lowest BCUT2D eigenvalue weighted by atomic mass is 10.1. The molecule has 0 saturated carbocycles. The van der Waals surface area contributed by atoms with Crippen molar-refractivity contribution in [2.45, 2.75) is 6.61 Å². The summed E-state index contributed by atoms with van der Waals surface area (Å²) in [6.07, 6.45) is 1.36. The number of halogens is 1. The Labute approximate surface area is 80.0 Å². The molecule has 1 aromatic carbocycles. The maximum absolute atomic E-state index is 13.2. The highest BCUT2D eigenvalue weighted by molar-refractivity contribution is 5.86. The van der Waals surface area contributed by atoms with Gasteiger partial charge in [-0.05, 0) is 6.07 Å². The average molecular weight is 192 g/mol. The van der Waals surface area contributed by atoms with Crippen LogP contribution in [0.15, 0.2) is 24.4 Å². The van der Waals surface area contributed by atoms with E-state index >= 15 is 0 Å². The zero-order chi connectivity index (χ0) is 10.1. The number of nitrogens with two attached hydrogens (primary N) is 1. The quantitative estimate of drug-likeness (QED) is 0.718. The number of hydrogen-bond acceptors (Lipinski definition) is 3. The van der Waals surface area contributed by atoms with E-state index in [1.807, 2.05) is 0 Å². The highest BCUT2D eigenvalue weighted by Crippen LogP contribution is 2.23. The number of anilines is 1. The monoisotopic (exact) mass is 192 g/mol. The van der Waals surface area contributed by atoms with E-state index in [-0.39, 0.29) is 12.1 Å². The molecule has 0 unspecified atom stereocenters. The van der Waals surface area contributed by atoms with Crippen molar-refractivity contribution in [1.29, 1.82) is 0 Å². The number of aliphatic hydroxyl groups excluding tert-OH is 1. The number of para-hydroxylation sites is 1. The van der Waals surface area contributed by atoms with Gasteiger partial charge in [0, 0.05) is 10.9 Å². The number of aromatic nitrogens is 1. The Morgan fingerprint density at radius 1 is 1.43 bits per heavy atom. The molecule has 0 atom stereocenters. The summed E-state index contributed by atoms with van der Waals surface area (Å²) in [4.78, 5) is 3.88. The summed E-state index contributed by atoms with van der Waals surface area (Å²) in [6.45, 7) is -0.214. The SMILES string of the molecule is Nc1cnc2c(F)cccc2c1CO. The lowest BCUT2D eigenvalue weighted by molar-refractivity contribution is 0.284. The van der Waals surface area contributed by atoms with Crippen molar-refractivity contribution < 1.29 is 9.50 Å². The van der Waals surface area contributed by atoms with Crippen molar-refractivity contribution in [1.82, 2.24) is 4.98 Å². The largest absolute Gasteiger partial charge is 0.397 e. The van der Waals surface area contributed by atoms with Gasteiger partial charge in [-0.2, -0.15) is 0 Å². The van der Waals surface area contributed by atoms with Crippen molar-refractivity contribution in [2.75, 3.05) is 5.73 Å². The highest BCUT2D eigenvalue weighted by atomic mass is 19.1. The average Bonchev–Trinajstić information content (AvgIpc) is 2.18. The summed E-state index contributed by atoms with van der Waals surface area (Å²) >= 11 is 0. The molecule has 2 aromatic rings. The van der Waals surface area contributed by atoms with Gasteiger partial charge in [-0.15, -0.1) is 0 Å². The van der Waals surface area contributed by atoms with Crippen LogP contribution in [0.4, 0.5) is 10.1 Å². The second-order valence-electron chi connectivity index (χ2n) is 2.99. The van der Waals surface area contributed by atoms with Crippen molar-refractivity contribution in [3.63, 3.8) is 0 Å². The van der Waals surface area contributed by atoms with Gasteiger partial charge in [0.2, 0.25) is 0 Å². The number of pyridine rings is 1. The Kier molecular flexibility index (Phi) is 2.05. The van der Waals surface area contributed by atoms with E-state index in [1.54, 1.807) is 12.1 Å². The van der Waals surface area contributed by atoms with Crippen molar-refractivity contribution >= 4 is 16.6 Å². The third kappa shape index (κ3) is 1.20. The predicted molar refractivity (Wildman–Crippen MR) is 52.0 cm³/mol. The first-order chi connectivity index (χ1) is 6.74. The van der Waals surface area contributed by atoms with Crippen LogP contribution < -0.4 is 5.73 Å². The van der Waals surface area contributed by atoms with E-state index in [4.69, 9.17) is 10.8 Å². The van der Waals surface area contributed by atoms with Gasteiger partial charge in [-0.25, -0.2) is 4.39 Å². The van der Waals surface area contributed by atoms with E-state index in [2.05, 4.69) is 4.98 Å². The van der Waals surface area contributed by atoms with Crippen LogP contribution in [-0.2, 0) is 6.61 Å². The molecule has 1 aromatic heterocycles. The van der Waals surface area contributed by atoms with Crippen LogP contribution >= 0.6 is 0 Å². The minimum atomic E-state index is -0.405. The van der Waals surface area contributed by atoms with Gasteiger partial charge in [-0.1, -0.05) is 12.1 Å². The molecule has 0 aliphatic carbocycles. The molecule has 0 radical (unpaired) electrons. The lowest BCUT2D eigenvalue weighted by Crippen LogP contribution is -1.98. The summed E-state index contributed by atoms with van der Waals surface area (Å²) in [5.74, 6) is -0.405. The summed E-state index contributed by atoms with van der Waals surface area (Å²) in [6, 6.07) is 4.58. The zero-order valence-corrected chi connectivity index (χ0v) is 7.37. The maximum atomic E-state index is 13.2. The highest BCUT2D eigenvalue weighted by Gasteiger charge is 2.08. The molecule has 0 saturated heterocycles. The molecule has 0 bridgehead atoms. The van der Waals surface area contributed by atoms with Crippen molar-refractivity contribution in [2.24, 2.45) is 0 Å². The van der Waals surface area contributed by atoms with E-state index < -0.39 is 5.82 Å². The Balaban J connectivity index is 2.88. The maximum Gasteiger partial charge on any atom is 0.149 e. The van der Waals surface area contributed by atoms with Gasteiger partial charge in [0.05, 0.1) is 18.5 Å². The standard InChI is InChI=1S/C10H9FN2O/c11-8-3-1-2-6-7(5-14)9(12)4-13-10(6)8/h1-4,14H,5,12H2. The number of fused-ring (bicyclic) bond motifs is 1. The van der Waals surface area contributed by atoms with Crippen LogP contribution in [0.25, 0.3) is 10.9 Å². The van der Waals surface area contributed by atoms with Crippen LogP contribution in [-0.4, -0.2) is 10.1 Å². The summed E-state index contributed by atoms with van der Waals surface area (Å²) in [7, 11) is 0. The number of rotatable bonds is 1. The molecule has 1 heterocycles. The number of nitrogen functional groups attached to an aromatic ring is 1. The van der Waals surface area contributed by atoms with E-state index in [0.717, 1.165) is 0 Å². The third-order valence-electron chi connectivity index (χ3n) is 2.15. The molecule has 0 spiro atoms. The first kappa shape index (κ1) is 8.90. The number of nitrogens with zero attached hydrogens (tertiary/aromatic N) is 1. The van der Waals surface area contributed by atoms with Gasteiger partial charge < -0.3 is 10.8 Å². The summed E-state index contributed by atoms with van der Waals surface area (Å²) in [5.41, 5.74) is 6.75. The fourth-order valence-corrected chi connectivity index (χ4v) is 1.43. The van der Waals surface area contributed by atoms with Gasteiger partial charge in [0.1, 0.15) is 11.3 Å². The third-order valence-corrected chi connectivity index (χ3v) is 2.15. The molecule has 0 aliphatic heterocycles. The van der Waals surface area contributed by atoms with Crippen LogP contribution in [0.3, 0.4) is 0 Å². The van der Waals surface area contributed by atoms with Crippen LogP contribution in [0.1, 0.15) is 5.56 Å². The van der Waals surface area contributed by atoms with Gasteiger partial charge in [0.25, 0.3) is 0 Å². The fraction of sp³-hybridized carbons (Fsp3) is 0.100. The summed E-state index contributed by atoms with van der Waals surface area (Å²) in [5, 5.41) is 9.64. The molecule has 0 amide bonds. The molecule has 72 valence electrons. The normalized spacial score (nSPS) is 10.7. The second-order valence-corrected chi connectivity index (χ2v) is 2.99.